The predicted molar refractivity (Wildman–Crippen MR) is 101 cm³/mol. The first-order valence-electron chi connectivity index (χ1n) is 9.65. The van der Waals surface area contributed by atoms with Crippen molar-refractivity contribution >= 4 is 17.6 Å². The molecule has 3 heterocycles. The summed E-state index contributed by atoms with van der Waals surface area (Å²) in [6, 6.07) is 6.47. The molecule has 2 aliphatic rings. The van der Waals surface area contributed by atoms with Gasteiger partial charge in [0.15, 0.2) is 18.0 Å². The van der Waals surface area contributed by atoms with Gasteiger partial charge in [0.05, 0.1) is 0 Å². The molecule has 4 rings (SSSR count). The van der Waals surface area contributed by atoms with Crippen LogP contribution in [0.25, 0.3) is 0 Å². The Bertz CT molecular complexity index is 891. The molecule has 10 nitrogen and oxygen atoms in total. The lowest BCUT2D eigenvalue weighted by Crippen LogP contribution is -3.28. The minimum atomic E-state index is -0.557. The van der Waals surface area contributed by atoms with Crippen molar-refractivity contribution in [2.75, 3.05) is 44.8 Å². The maximum Gasteiger partial charge on any atom is 0.326 e. The van der Waals surface area contributed by atoms with Crippen molar-refractivity contribution < 1.29 is 33.4 Å². The molecule has 0 bridgehead atoms. The lowest BCUT2D eigenvalue weighted by Gasteiger charge is -2.28. The van der Waals surface area contributed by atoms with Crippen LogP contribution in [0.1, 0.15) is 11.5 Å². The highest BCUT2D eigenvalue weighted by Gasteiger charge is 2.26. The molecule has 0 radical (unpaired) electrons. The third kappa shape index (κ3) is 5.04. The van der Waals surface area contributed by atoms with Crippen molar-refractivity contribution in [2.45, 2.75) is 13.5 Å². The summed E-state index contributed by atoms with van der Waals surface area (Å²) in [6.45, 7) is 6.76. The van der Waals surface area contributed by atoms with Crippen LogP contribution in [0.4, 0.5) is 10.5 Å². The first-order chi connectivity index (χ1) is 14.0. The fraction of sp³-hybridized carbons (Fsp3) is 0.421. The van der Waals surface area contributed by atoms with Crippen LogP contribution in [0.2, 0.25) is 0 Å². The Morgan fingerprint density at radius 1 is 1.07 bits per heavy atom. The topological polar surface area (TPSA) is 112 Å². The zero-order chi connectivity index (χ0) is 20.2. The Balaban J connectivity index is 1.18. The van der Waals surface area contributed by atoms with Crippen LogP contribution in [0.3, 0.4) is 0 Å². The minimum absolute atomic E-state index is 0.166. The van der Waals surface area contributed by atoms with Gasteiger partial charge < -0.3 is 29.1 Å². The second kappa shape index (κ2) is 8.50. The van der Waals surface area contributed by atoms with Crippen molar-refractivity contribution in [3.63, 3.8) is 0 Å². The summed E-state index contributed by atoms with van der Waals surface area (Å²) in [4.78, 5) is 26.9. The van der Waals surface area contributed by atoms with Gasteiger partial charge in [-0.1, -0.05) is 5.16 Å². The van der Waals surface area contributed by atoms with Crippen LogP contribution in [-0.4, -0.2) is 56.6 Å². The van der Waals surface area contributed by atoms with Gasteiger partial charge in [0, 0.05) is 17.8 Å². The molecule has 1 aromatic carbocycles. The number of rotatable bonds is 5. The molecule has 154 valence electrons. The van der Waals surface area contributed by atoms with E-state index in [1.807, 2.05) is 13.0 Å². The maximum atomic E-state index is 12.2. The Labute approximate surface area is 167 Å². The molecule has 2 aromatic rings. The fourth-order valence-corrected chi connectivity index (χ4v) is 3.60. The van der Waals surface area contributed by atoms with Gasteiger partial charge in [-0.05, 0) is 19.1 Å². The van der Waals surface area contributed by atoms with Gasteiger partial charge in [-0.25, -0.2) is 4.79 Å². The van der Waals surface area contributed by atoms with E-state index in [1.165, 1.54) is 9.80 Å². The number of urea groups is 1. The number of quaternary nitrogens is 2. The molecule has 0 unspecified atom stereocenters. The zero-order valence-electron chi connectivity index (χ0n) is 16.2. The molecule has 0 saturated carbocycles. The van der Waals surface area contributed by atoms with Gasteiger partial charge in [0.1, 0.15) is 44.2 Å². The first-order valence-corrected chi connectivity index (χ1v) is 9.65. The van der Waals surface area contributed by atoms with Crippen molar-refractivity contribution in [1.29, 1.82) is 0 Å². The summed E-state index contributed by atoms with van der Waals surface area (Å²) < 4.78 is 15.6. The quantitative estimate of drug-likeness (QED) is 0.476. The van der Waals surface area contributed by atoms with Gasteiger partial charge >= 0.3 is 6.03 Å². The summed E-state index contributed by atoms with van der Waals surface area (Å²) in [6.07, 6.45) is 0. The normalized spacial score (nSPS) is 20.3. The van der Waals surface area contributed by atoms with Crippen LogP contribution in [0, 0.1) is 6.92 Å². The highest BCUT2D eigenvalue weighted by Crippen LogP contribution is 2.34. The number of benzene rings is 1. The number of ether oxygens (including phenoxy) is 2. The number of nitrogens with zero attached hydrogens (tertiary/aromatic N) is 1. The third-order valence-electron chi connectivity index (χ3n) is 5.07. The molecule has 0 spiro atoms. The average Bonchev–Trinajstić information content (AvgIpc) is 3.31. The van der Waals surface area contributed by atoms with E-state index in [1.54, 1.807) is 18.2 Å². The third-order valence-corrected chi connectivity index (χ3v) is 5.07. The number of fused-ring (bicyclic) bond motifs is 1. The number of aryl methyl sites for hydroxylation is 1. The van der Waals surface area contributed by atoms with Crippen LogP contribution in [-0.2, 0) is 11.3 Å². The van der Waals surface area contributed by atoms with E-state index in [4.69, 9.17) is 14.0 Å². The summed E-state index contributed by atoms with van der Waals surface area (Å²) >= 11 is 0. The fourth-order valence-electron chi connectivity index (χ4n) is 3.60. The molecule has 10 heteroatoms. The molecule has 3 amide bonds. The first kappa shape index (κ1) is 19.2. The predicted octanol–water partition coefficient (Wildman–Crippen LogP) is -1.66. The van der Waals surface area contributed by atoms with E-state index in [2.05, 4.69) is 15.8 Å². The maximum absolute atomic E-state index is 12.2. The molecular formula is C19H25N5O5+2. The van der Waals surface area contributed by atoms with Gasteiger partial charge in [-0.15, -0.1) is 0 Å². The van der Waals surface area contributed by atoms with E-state index in [9.17, 15) is 9.59 Å². The van der Waals surface area contributed by atoms with E-state index in [0.29, 0.717) is 17.2 Å². The largest absolute Gasteiger partial charge is 0.454 e. The minimum Gasteiger partial charge on any atom is -0.454 e. The number of hydrogen-bond donors (Lipinski definition) is 4. The molecule has 0 atom stereocenters. The van der Waals surface area contributed by atoms with Crippen molar-refractivity contribution in [3.05, 3.63) is 35.7 Å². The molecular weight excluding hydrogens is 378 g/mol. The molecule has 29 heavy (non-hydrogen) atoms. The highest BCUT2D eigenvalue weighted by atomic mass is 16.7. The summed E-state index contributed by atoms with van der Waals surface area (Å²) in [5.74, 6) is 1.73. The van der Waals surface area contributed by atoms with E-state index in [-0.39, 0.29) is 19.2 Å². The summed E-state index contributed by atoms with van der Waals surface area (Å²) in [5.41, 5.74) is 1.49. The molecule has 1 fully saturated rings. The number of piperazine rings is 1. The Kier molecular flexibility index (Phi) is 5.63. The Morgan fingerprint density at radius 2 is 1.83 bits per heavy atom. The van der Waals surface area contributed by atoms with E-state index < -0.39 is 6.03 Å². The second-order valence-electron chi connectivity index (χ2n) is 7.35. The highest BCUT2D eigenvalue weighted by molar-refractivity contribution is 6.01. The zero-order valence-corrected chi connectivity index (χ0v) is 16.2. The van der Waals surface area contributed by atoms with Crippen LogP contribution >= 0.6 is 0 Å². The SMILES string of the molecule is Cc1cc(C[NH+]2CC[NH+](CC(=O)NC(=O)Nc3ccc4c(c3)OCO4)CC2)no1. The van der Waals surface area contributed by atoms with Gasteiger partial charge in [0.2, 0.25) is 6.79 Å². The standard InChI is InChI=1S/C19H23N5O5/c1-13-8-15(22-29-13)10-23-4-6-24(7-5-23)11-18(25)21-19(26)20-14-2-3-16-17(9-14)28-12-27-16/h2-3,8-9H,4-7,10-12H2,1H3,(H2,20,21,25,26)/p+2. The monoisotopic (exact) mass is 403 g/mol. The van der Waals surface area contributed by atoms with Gasteiger partial charge in [-0.2, -0.15) is 0 Å². The van der Waals surface area contributed by atoms with Crippen LogP contribution in [0.15, 0.2) is 28.8 Å². The lowest BCUT2D eigenvalue weighted by atomic mass is 10.2. The number of carbonyl (C=O) groups is 2. The second-order valence-corrected chi connectivity index (χ2v) is 7.35. The molecule has 4 N–H and O–H groups in total. The van der Waals surface area contributed by atoms with Gasteiger partial charge in [-0.3, -0.25) is 10.1 Å². The van der Waals surface area contributed by atoms with E-state index in [0.717, 1.165) is 44.2 Å². The Hall–Kier alpha value is -3.11. The Morgan fingerprint density at radius 3 is 2.59 bits per heavy atom. The number of nitrogens with one attached hydrogen (secondary N) is 4. The van der Waals surface area contributed by atoms with Crippen LogP contribution in [0.5, 0.6) is 11.5 Å². The smallest absolute Gasteiger partial charge is 0.326 e. The van der Waals surface area contributed by atoms with Crippen molar-refractivity contribution in [3.8, 4) is 11.5 Å². The van der Waals surface area contributed by atoms with Crippen LogP contribution < -0.4 is 29.9 Å². The number of amides is 3. The summed E-state index contributed by atoms with van der Waals surface area (Å²) in [5, 5.41) is 9.06. The summed E-state index contributed by atoms with van der Waals surface area (Å²) in [7, 11) is 0. The van der Waals surface area contributed by atoms with Gasteiger partial charge in [0.25, 0.3) is 5.91 Å². The number of anilines is 1. The molecule has 1 aromatic heterocycles. The molecule has 0 aliphatic carbocycles. The number of imide groups is 1. The van der Waals surface area contributed by atoms with E-state index >= 15 is 0 Å². The van der Waals surface area contributed by atoms with Crippen molar-refractivity contribution in [2.24, 2.45) is 0 Å². The van der Waals surface area contributed by atoms with Crippen molar-refractivity contribution in [1.82, 2.24) is 10.5 Å². The number of hydrogen-bond acceptors (Lipinski definition) is 6. The number of aromatic nitrogens is 1. The average molecular weight is 403 g/mol. The lowest BCUT2D eigenvalue weighted by molar-refractivity contribution is -1.02. The number of carbonyl (C=O) groups excluding carboxylic acids is 2. The molecule has 2 aliphatic heterocycles. The molecule has 1 saturated heterocycles.